The van der Waals surface area contributed by atoms with Gasteiger partial charge in [-0.05, 0) is 18.9 Å². The fraction of sp³-hybridized carbons (Fsp3) is 0.353. The molecular formula is C17H19N3O3. The minimum Gasteiger partial charge on any atom is -0.360 e. The molecule has 120 valence electrons. The molecule has 0 aliphatic carbocycles. The van der Waals surface area contributed by atoms with Gasteiger partial charge in [0.05, 0.1) is 12.0 Å². The van der Waals surface area contributed by atoms with Crippen LogP contribution in [0.5, 0.6) is 0 Å². The van der Waals surface area contributed by atoms with Gasteiger partial charge in [-0.2, -0.15) is 0 Å². The van der Waals surface area contributed by atoms with E-state index in [1.54, 1.807) is 24.9 Å². The molecule has 0 spiro atoms. The third-order valence-electron chi connectivity index (χ3n) is 4.22. The predicted molar refractivity (Wildman–Crippen MR) is 84.5 cm³/mol. The minimum atomic E-state index is -0.322. The van der Waals surface area contributed by atoms with Crippen LogP contribution in [-0.2, 0) is 9.59 Å². The van der Waals surface area contributed by atoms with E-state index in [0.29, 0.717) is 24.4 Å². The largest absolute Gasteiger partial charge is 0.360 e. The van der Waals surface area contributed by atoms with E-state index in [1.807, 2.05) is 30.3 Å². The molecule has 2 amide bonds. The molecular weight excluding hydrogens is 294 g/mol. The summed E-state index contributed by atoms with van der Waals surface area (Å²) < 4.78 is 4.97. The van der Waals surface area contributed by atoms with Crippen LogP contribution in [0.2, 0.25) is 0 Å². The third kappa shape index (κ3) is 3.11. The summed E-state index contributed by atoms with van der Waals surface area (Å²) in [6, 6.07) is 11.0. The van der Waals surface area contributed by atoms with Gasteiger partial charge in [0, 0.05) is 19.5 Å². The van der Waals surface area contributed by atoms with Crippen LogP contribution in [0.15, 0.2) is 40.9 Å². The van der Waals surface area contributed by atoms with Crippen LogP contribution in [0, 0.1) is 12.8 Å². The third-order valence-corrected chi connectivity index (χ3v) is 4.22. The van der Waals surface area contributed by atoms with Gasteiger partial charge in [-0.15, -0.1) is 0 Å². The Balaban J connectivity index is 1.85. The Bertz CT molecular complexity index is 711. The van der Waals surface area contributed by atoms with Crippen molar-refractivity contribution in [2.45, 2.75) is 25.8 Å². The van der Waals surface area contributed by atoms with Crippen molar-refractivity contribution in [3.8, 4) is 0 Å². The van der Waals surface area contributed by atoms with Crippen LogP contribution in [0.3, 0.4) is 0 Å². The molecule has 2 atom stereocenters. The molecule has 2 aromatic rings. The average molecular weight is 313 g/mol. The van der Waals surface area contributed by atoms with Gasteiger partial charge in [0.25, 0.3) is 0 Å². The van der Waals surface area contributed by atoms with Crippen molar-refractivity contribution in [2.24, 2.45) is 5.92 Å². The van der Waals surface area contributed by atoms with E-state index in [-0.39, 0.29) is 23.8 Å². The molecule has 0 saturated carbocycles. The summed E-state index contributed by atoms with van der Waals surface area (Å²) in [5, 5.41) is 6.58. The summed E-state index contributed by atoms with van der Waals surface area (Å²) in [6.45, 7) is 1.77. The van der Waals surface area contributed by atoms with E-state index in [4.69, 9.17) is 4.52 Å². The van der Waals surface area contributed by atoms with Gasteiger partial charge in [0.1, 0.15) is 5.76 Å². The maximum atomic E-state index is 12.7. The van der Waals surface area contributed by atoms with Crippen LogP contribution in [0.25, 0.3) is 0 Å². The highest BCUT2D eigenvalue weighted by Gasteiger charge is 2.38. The van der Waals surface area contributed by atoms with E-state index >= 15 is 0 Å². The van der Waals surface area contributed by atoms with Crippen LogP contribution in [0.4, 0.5) is 5.82 Å². The number of nitrogens with zero attached hydrogens (tertiary/aromatic N) is 2. The first-order chi connectivity index (χ1) is 11.1. The monoisotopic (exact) mass is 313 g/mol. The van der Waals surface area contributed by atoms with Crippen molar-refractivity contribution in [2.75, 3.05) is 12.4 Å². The highest BCUT2D eigenvalue weighted by Crippen LogP contribution is 2.36. The molecule has 1 fully saturated rings. The second-order valence-electron chi connectivity index (χ2n) is 5.82. The zero-order valence-electron chi connectivity index (χ0n) is 13.2. The zero-order chi connectivity index (χ0) is 16.4. The van der Waals surface area contributed by atoms with Gasteiger partial charge < -0.3 is 14.7 Å². The Morgan fingerprint density at radius 2 is 2.09 bits per heavy atom. The first-order valence-corrected chi connectivity index (χ1v) is 7.61. The molecule has 23 heavy (non-hydrogen) atoms. The molecule has 1 aromatic heterocycles. The number of aromatic nitrogens is 1. The number of hydrogen-bond donors (Lipinski definition) is 1. The average Bonchev–Trinajstić information content (AvgIpc) is 2.95. The van der Waals surface area contributed by atoms with Crippen molar-refractivity contribution < 1.29 is 14.1 Å². The maximum absolute atomic E-state index is 12.7. The van der Waals surface area contributed by atoms with Crippen molar-refractivity contribution in [1.82, 2.24) is 10.1 Å². The second kappa shape index (κ2) is 6.24. The van der Waals surface area contributed by atoms with E-state index in [1.165, 1.54) is 0 Å². The predicted octanol–water partition coefficient (Wildman–Crippen LogP) is 2.53. The molecule has 1 aliphatic rings. The standard InChI is InChI=1S/C17H19N3O3/c1-11-10-14(19-23-11)18-17(22)13-8-9-15(21)20(2)16(13)12-6-4-3-5-7-12/h3-7,10,13,16H,8-9H2,1-2H3,(H,18,19,22)/t13-,16-/m1/s1. The zero-order valence-corrected chi connectivity index (χ0v) is 13.2. The van der Waals surface area contributed by atoms with Crippen molar-refractivity contribution in [1.29, 1.82) is 0 Å². The lowest BCUT2D eigenvalue weighted by Gasteiger charge is -2.38. The Labute approximate surface area is 134 Å². The number of anilines is 1. The van der Waals surface area contributed by atoms with Crippen LogP contribution >= 0.6 is 0 Å². The Kier molecular flexibility index (Phi) is 4.14. The molecule has 1 saturated heterocycles. The smallest absolute Gasteiger partial charge is 0.231 e. The van der Waals surface area contributed by atoms with Gasteiger partial charge in [0.15, 0.2) is 5.82 Å². The lowest BCUT2D eigenvalue weighted by atomic mass is 9.84. The van der Waals surface area contributed by atoms with Crippen LogP contribution in [-0.4, -0.2) is 28.9 Å². The van der Waals surface area contributed by atoms with E-state index in [2.05, 4.69) is 10.5 Å². The normalized spacial score (nSPS) is 21.3. The van der Waals surface area contributed by atoms with E-state index < -0.39 is 0 Å². The minimum absolute atomic E-state index is 0.0557. The SMILES string of the molecule is Cc1cc(NC(=O)[C@@H]2CCC(=O)N(C)[C@@H]2c2ccccc2)no1. The highest BCUT2D eigenvalue weighted by atomic mass is 16.5. The number of hydrogen-bond acceptors (Lipinski definition) is 4. The summed E-state index contributed by atoms with van der Waals surface area (Å²) in [5.41, 5.74) is 0.958. The molecule has 3 rings (SSSR count). The van der Waals surface area contributed by atoms with Gasteiger partial charge in [-0.3, -0.25) is 9.59 Å². The molecule has 1 N–H and O–H groups in total. The molecule has 1 aliphatic heterocycles. The Hall–Kier alpha value is -2.63. The van der Waals surface area contributed by atoms with Gasteiger partial charge >= 0.3 is 0 Å². The quantitative estimate of drug-likeness (QED) is 0.945. The second-order valence-corrected chi connectivity index (χ2v) is 5.82. The van der Waals surface area contributed by atoms with Gasteiger partial charge in [-0.1, -0.05) is 35.5 Å². The molecule has 0 unspecified atom stereocenters. The molecule has 6 nitrogen and oxygen atoms in total. The first-order valence-electron chi connectivity index (χ1n) is 7.61. The summed E-state index contributed by atoms with van der Waals surface area (Å²) in [4.78, 5) is 26.4. The summed E-state index contributed by atoms with van der Waals surface area (Å²) in [5.74, 6) is 0.624. The number of carbonyl (C=O) groups excluding carboxylic acids is 2. The molecule has 6 heteroatoms. The summed E-state index contributed by atoms with van der Waals surface area (Å²) >= 11 is 0. The number of piperidine rings is 1. The lowest BCUT2D eigenvalue weighted by molar-refractivity contribution is -0.140. The van der Waals surface area contributed by atoms with Crippen molar-refractivity contribution in [3.05, 3.63) is 47.7 Å². The van der Waals surface area contributed by atoms with Crippen LogP contribution in [0.1, 0.15) is 30.2 Å². The number of nitrogens with one attached hydrogen (secondary N) is 1. The number of likely N-dealkylation sites (tertiary alicyclic amines) is 1. The first kappa shape index (κ1) is 15.3. The van der Waals surface area contributed by atoms with Gasteiger partial charge in [-0.25, -0.2) is 0 Å². The number of amides is 2. The van der Waals surface area contributed by atoms with E-state index in [0.717, 1.165) is 5.56 Å². The molecule has 1 aromatic carbocycles. The molecule has 0 radical (unpaired) electrons. The summed E-state index contributed by atoms with van der Waals surface area (Å²) in [6.07, 6.45) is 0.890. The number of aryl methyl sites for hydroxylation is 1. The van der Waals surface area contributed by atoms with E-state index in [9.17, 15) is 9.59 Å². The van der Waals surface area contributed by atoms with Crippen molar-refractivity contribution >= 4 is 17.6 Å². The topological polar surface area (TPSA) is 75.4 Å². The van der Waals surface area contributed by atoms with Crippen molar-refractivity contribution in [3.63, 3.8) is 0 Å². The lowest BCUT2D eigenvalue weighted by Crippen LogP contribution is -2.44. The van der Waals surface area contributed by atoms with Crippen LogP contribution < -0.4 is 5.32 Å². The Morgan fingerprint density at radius 1 is 1.35 bits per heavy atom. The molecule has 2 heterocycles. The van der Waals surface area contributed by atoms with Gasteiger partial charge in [0.2, 0.25) is 11.8 Å². The molecule has 0 bridgehead atoms. The summed E-state index contributed by atoms with van der Waals surface area (Å²) in [7, 11) is 1.75. The number of benzene rings is 1. The number of carbonyl (C=O) groups is 2. The fourth-order valence-corrected chi connectivity index (χ4v) is 3.06. The maximum Gasteiger partial charge on any atom is 0.231 e. The Morgan fingerprint density at radius 3 is 2.74 bits per heavy atom. The fourth-order valence-electron chi connectivity index (χ4n) is 3.06. The number of rotatable bonds is 3. The highest BCUT2D eigenvalue weighted by molar-refractivity contribution is 5.94.